The van der Waals surface area contributed by atoms with Crippen LogP contribution < -0.4 is 11.1 Å². The van der Waals surface area contributed by atoms with E-state index in [1.54, 1.807) is 24.3 Å². The number of anilines is 1. The van der Waals surface area contributed by atoms with Crippen LogP contribution in [0.1, 0.15) is 49.4 Å². The van der Waals surface area contributed by atoms with Crippen LogP contribution in [0.25, 0.3) is 0 Å². The summed E-state index contributed by atoms with van der Waals surface area (Å²) >= 11 is 0. The molecule has 1 aliphatic carbocycles. The highest BCUT2D eigenvalue weighted by Gasteiger charge is 2.22. The molecule has 2 unspecified atom stereocenters. The van der Waals surface area contributed by atoms with Gasteiger partial charge < -0.3 is 11.1 Å². The third-order valence-electron chi connectivity index (χ3n) is 3.87. The Kier molecular flexibility index (Phi) is 4.24. The van der Waals surface area contributed by atoms with Crippen LogP contribution in [0, 0.1) is 5.92 Å². The third-order valence-corrected chi connectivity index (χ3v) is 3.87. The molecule has 0 aliphatic heterocycles. The van der Waals surface area contributed by atoms with Crippen LogP contribution in [0.3, 0.4) is 0 Å². The van der Waals surface area contributed by atoms with Gasteiger partial charge in [-0.25, -0.2) is 0 Å². The summed E-state index contributed by atoms with van der Waals surface area (Å²) in [6.45, 7) is 2.23. The topological polar surface area (TPSA) is 55.1 Å². The maximum absolute atomic E-state index is 12.1. The molecule has 0 heterocycles. The van der Waals surface area contributed by atoms with Crippen molar-refractivity contribution >= 4 is 11.6 Å². The maximum Gasteiger partial charge on any atom is 0.251 e. The van der Waals surface area contributed by atoms with Gasteiger partial charge in [0, 0.05) is 17.3 Å². The first-order chi connectivity index (χ1) is 8.69. The number of hydrogen-bond acceptors (Lipinski definition) is 2. The Morgan fingerprint density at radius 1 is 1.33 bits per heavy atom. The lowest BCUT2D eigenvalue weighted by Gasteiger charge is -2.29. The lowest BCUT2D eigenvalue weighted by Crippen LogP contribution is -2.38. The second kappa shape index (κ2) is 5.89. The average molecular weight is 246 g/mol. The molecule has 18 heavy (non-hydrogen) atoms. The number of nitrogen functional groups attached to an aromatic ring is 1. The molecule has 1 amide bonds. The molecule has 1 fully saturated rings. The lowest BCUT2D eigenvalue weighted by molar-refractivity contribution is 0.0919. The molecule has 98 valence electrons. The van der Waals surface area contributed by atoms with E-state index >= 15 is 0 Å². The molecule has 1 aliphatic rings. The summed E-state index contributed by atoms with van der Waals surface area (Å²) in [6.07, 6.45) is 5.98. The van der Waals surface area contributed by atoms with E-state index in [1.807, 2.05) is 0 Å². The highest BCUT2D eigenvalue weighted by Crippen LogP contribution is 2.26. The Morgan fingerprint density at radius 2 is 2.06 bits per heavy atom. The summed E-state index contributed by atoms with van der Waals surface area (Å²) in [5, 5.41) is 3.14. The highest BCUT2D eigenvalue weighted by atomic mass is 16.1. The zero-order chi connectivity index (χ0) is 13.0. The molecule has 1 aromatic rings. The molecule has 1 aromatic carbocycles. The van der Waals surface area contributed by atoms with Gasteiger partial charge in [0.05, 0.1) is 0 Å². The molecule has 1 saturated carbocycles. The highest BCUT2D eigenvalue weighted by molar-refractivity contribution is 5.94. The van der Waals surface area contributed by atoms with Gasteiger partial charge in [0.25, 0.3) is 5.91 Å². The zero-order valence-electron chi connectivity index (χ0n) is 11.0. The van der Waals surface area contributed by atoms with Crippen LogP contribution in [0.4, 0.5) is 5.69 Å². The molecule has 3 N–H and O–H groups in total. The molecular weight excluding hydrogens is 224 g/mol. The standard InChI is InChI=1S/C15H22N2O/c1-2-11-4-3-5-14(10-11)17-15(18)12-6-8-13(16)9-7-12/h6-9,11,14H,2-5,10,16H2,1H3,(H,17,18). The number of nitrogens with two attached hydrogens (primary N) is 1. The van der Waals surface area contributed by atoms with Crippen LogP contribution in [0.2, 0.25) is 0 Å². The van der Waals surface area contributed by atoms with Crippen molar-refractivity contribution in [3.63, 3.8) is 0 Å². The van der Waals surface area contributed by atoms with Crippen LogP contribution in [-0.2, 0) is 0 Å². The zero-order valence-corrected chi connectivity index (χ0v) is 11.0. The van der Waals surface area contributed by atoms with Gasteiger partial charge in [-0.15, -0.1) is 0 Å². The molecule has 0 radical (unpaired) electrons. The number of carbonyl (C=O) groups excluding carboxylic acids is 1. The van der Waals surface area contributed by atoms with Crippen molar-refractivity contribution in [2.75, 3.05) is 5.73 Å². The first kappa shape index (κ1) is 12.9. The van der Waals surface area contributed by atoms with E-state index < -0.39 is 0 Å². The third kappa shape index (κ3) is 3.25. The van der Waals surface area contributed by atoms with Crippen LogP contribution >= 0.6 is 0 Å². The second-order valence-electron chi connectivity index (χ2n) is 5.23. The van der Waals surface area contributed by atoms with Crippen molar-refractivity contribution in [2.24, 2.45) is 5.92 Å². The monoisotopic (exact) mass is 246 g/mol. The number of rotatable bonds is 3. The van der Waals surface area contributed by atoms with Crippen LogP contribution in [0.15, 0.2) is 24.3 Å². The summed E-state index contributed by atoms with van der Waals surface area (Å²) in [7, 11) is 0. The van der Waals surface area contributed by atoms with Crippen molar-refractivity contribution in [3.8, 4) is 0 Å². The number of nitrogens with one attached hydrogen (secondary N) is 1. The number of benzene rings is 1. The Morgan fingerprint density at radius 3 is 2.72 bits per heavy atom. The summed E-state index contributed by atoms with van der Waals surface area (Å²) in [5.74, 6) is 0.798. The second-order valence-corrected chi connectivity index (χ2v) is 5.23. The predicted molar refractivity (Wildman–Crippen MR) is 74.4 cm³/mol. The molecule has 0 bridgehead atoms. The van der Waals surface area contributed by atoms with Gasteiger partial charge in [-0.2, -0.15) is 0 Å². The Bertz CT molecular complexity index is 399. The van der Waals surface area contributed by atoms with E-state index in [4.69, 9.17) is 5.73 Å². The minimum atomic E-state index is 0.0248. The minimum absolute atomic E-state index is 0.0248. The Hall–Kier alpha value is -1.51. The molecule has 2 atom stereocenters. The normalized spacial score (nSPS) is 23.6. The SMILES string of the molecule is CCC1CCCC(NC(=O)c2ccc(N)cc2)C1. The van der Waals surface area contributed by atoms with Gasteiger partial charge in [-0.3, -0.25) is 4.79 Å². The van der Waals surface area contributed by atoms with Crippen molar-refractivity contribution in [2.45, 2.75) is 45.1 Å². The van der Waals surface area contributed by atoms with Crippen molar-refractivity contribution in [1.29, 1.82) is 0 Å². The first-order valence-electron chi connectivity index (χ1n) is 6.85. The van der Waals surface area contributed by atoms with E-state index in [0.717, 1.165) is 18.8 Å². The largest absolute Gasteiger partial charge is 0.399 e. The Balaban J connectivity index is 1.92. The van der Waals surface area contributed by atoms with Crippen LogP contribution in [0.5, 0.6) is 0 Å². The molecule has 0 saturated heterocycles. The van der Waals surface area contributed by atoms with Gasteiger partial charge in [-0.1, -0.05) is 26.2 Å². The van der Waals surface area contributed by atoms with E-state index in [9.17, 15) is 4.79 Å². The maximum atomic E-state index is 12.1. The fourth-order valence-corrected chi connectivity index (χ4v) is 2.70. The molecule has 3 nitrogen and oxygen atoms in total. The number of carbonyl (C=O) groups is 1. The fraction of sp³-hybridized carbons (Fsp3) is 0.533. The smallest absolute Gasteiger partial charge is 0.251 e. The fourth-order valence-electron chi connectivity index (χ4n) is 2.70. The van der Waals surface area contributed by atoms with Crippen molar-refractivity contribution < 1.29 is 4.79 Å². The summed E-state index contributed by atoms with van der Waals surface area (Å²) in [5.41, 5.74) is 7.00. The number of amides is 1. The van der Waals surface area contributed by atoms with Gasteiger partial charge in [0.1, 0.15) is 0 Å². The molecule has 2 rings (SSSR count). The predicted octanol–water partition coefficient (Wildman–Crippen LogP) is 2.97. The summed E-state index contributed by atoms with van der Waals surface area (Å²) < 4.78 is 0. The minimum Gasteiger partial charge on any atom is -0.399 e. The van der Waals surface area contributed by atoms with Gasteiger partial charge >= 0.3 is 0 Å². The molecule has 3 heteroatoms. The average Bonchev–Trinajstić information content (AvgIpc) is 2.39. The van der Waals surface area contributed by atoms with Crippen molar-refractivity contribution in [3.05, 3.63) is 29.8 Å². The molecule has 0 spiro atoms. The van der Waals surface area contributed by atoms with E-state index in [0.29, 0.717) is 17.3 Å². The quantitative estimate of drug-likeness (QED) is 0.806. The first-order valence-corrected chi connectivity index (χ1v) is 6.85. The van der Waals surface area contributed by atoms with Gasteiger partial charge in [0.2, 0.25) is 0 Å². The van der Waals surface area contributed by atoms with Crippen LogP contribution in [-0.4, -0.2) is 11.9 Å². The van der Waals surface area contributed by atoms with E-state index in [2.05, 4.69) is 12.2 Å². The lowest BCUT2D eigenvalue weighted by atomic mass is 9.84. The van der Waals surface area contributed by atoms with Gasteiger partial charge in [0.15, 0.2) is 0 Å². The van der Waals surface area contributed by atoms with Gasteiger partial charge in [-0.05, 0) is 43.0 Å². The number of hydrogen-bond donors (Lipinski definition) is 2. The Labute approximate surface area is 109 Å². The summed E-state index contributed by atoms with van der Waals surface area (Å²) in [6, 6.07) is 7.44. The summed E-state index contributed by atoms with van der Waals surface area (Å²) in [4.78, 5) is 12.1. The molecule has 0 aromatic heterocycles. The molecular formula is C15H22N2O. The van der Waals surface area contributed by atoms with E-state index in [1.165, 1.54) is 19.3 Å². The van der Waals surface area contributed by atoms with Crippen molar-refractivity contribution in [1.82, 2.24) is 5.32 Å². The van der Waals surface area contributed by atoms with E-state index in [-0.39, 0.29) is 5.91 Å².